The Balaban J connectivity index is 1.85. The van der Waals surface area contributed by atoms with Gasteiger partial charge in [0.2, 0.25) is 0 Å². The monoisotopic (exact) mass is 416 g/mol. The van der Waals surface area contributed by atoms with Crippen molar-refractivity contribution in [3.05, 3.63) is 66.1 Å². The van der Waals surface area contributed by atoms with Gasteiger partial charge in [-0.1, -0.05) is 32.4 Å². The molecule has 3 N–H and O–H groups in total. The van der Waals surface area contributed by atoms with E-state index in [4.69, 9.17) is 5.73 Å². The van der Waals surface area contributed by atoms with Crippen molar-refractivity contribution in [1.29, 1.82) is 0 Å². The number of nitrogens with zero attached hydrogens (tertiary/aromatic N) is 2. The number of nitrogens with one attached hydrogen (secondary N) is 1. The second kappa shape index (κ2) is 9.24. The first-order valence-corrected chi connectivity index (χ1v) is 10.1. The van der Waals surface area contributed by atoms with Gasteiger partial charge in [0.05, 0.1) is 17.6 Å². The molecule has 160 valence electrons. The summed E-state index contributed by atoms with van der Waals surface area (Å²) >= 11 is 0. The Morgan fingerprint density at radius 1 is 1.13 bits per heavy atom. The van der Waals surface area contributed by atoms with Gasteiger partial charge in [-0.3, -0.25) is 0 Å². The van der Waals surface area contributed by atoms with E-state index in [0.29, 0.717) is 23.8 Å². The van der Waals surface area contributed by atoms with Crippen molar-refractivity contribution in [1.82, 2.24) is 9.55 Å². The maximum atomic E-state index is 13.0. The number of nitrogens with two attached hydrogens (primary N) is 1. The lowest BCUT2D eigenvalue weighted by molar-refractivity contribution is -0.137. The fourth-order valence-corrected chi connectivity index (χ4v) is 3.49. The van der Waals surface area contributed by atoms with Gasteiger partial charge in [0, 0.05) is 35.7 Å². The van der Waals surface area contributed by atoms with Gasteiger partial charge in [0.15, 0.2) is 0 Å². The molecule has 0 aliphatic carbocycles. The van der Waals surface area contributed by atoms with Gasteiger partial charge < -0.3 is 15.6 Å². The van der Waals surface area contributed by atoms with Crippen molar-refractivity contribution >= 4 is 11.4 Å². The van der Waals surface area contributed by atoms with E-state index >= 15 is 0 Å². The van der Waals surface area contributed by atoms with E-state index in [1.807, 2.05) is 24.4 Å². The standard InChI is InChI=1S/C23H27F3N4/c1-3-6-19(4-2)29-21-10-9-18(27)12-20(21)22-14-30(15-28-22)13-16-7-5-8-17(11-16)23(24,25)26/h5,7-12,14-15,19,29H,3-4,6,13,27H2,1-2H3. The van der Waals surface area contributed by atoms with Crippen molar-refractivity contribution in [2.24, 2.45) is 0 Å². The van der Waals surface area contributed by atoms with Crippen molar-refractivity contribution in [2.75, 3.05) is 11.1 Å². The third-order valence-electron chi connectivity index (χ3n) is 5.06. The Morgan fingerprint density at radius 2 is 1.93 bits per heavy atom. The molecule has 2 aromatic carbocycles. The first-order chi connectivity index (χ1) is 14.3. The van der Waals surface area contributed by atoms with Crippen LogP contribution in [-0.2, 0) is 12.7 Å². The largest absolute Gasteiger partial charge is 0.416 e. The minimum atomic E-state index is -4.35. The van der Waals surface area contributed by atoms with Crippen molar-refractivity contribution in [3.8, 4) is 11.3 Å². The Morgan fingerprint density at radius 3 is 2.63 bits per heavy atom. The molecule has 3 rings (SSSR count). The Bertz CT molecular complexity index is 979. The number of anilines is 2. The molecule has 0 saturated carbocycles. The molecule has 0 bridgehead atoms. The predicted octanol–water partition coefficient (Wildman–Crippen LogP) is 6.19. The van der Waals surface area contributed by atoms with Crippen LogP contribution >= 0.6 is 0 Å². The summed E-state index contributed by atoms with van der Waals surface area (Å²) in [6.07, 6.45) is 2.26. The number of imidazole rings is 1. The average Bonchev–Trinajstić information content (AvgIpc) is 3.16. The lowest BCUT2D eigenvalue weighted by atomic mass is 10.1. The maximum Gasteiger partial charge on any atom is 0.416 e. The Labute approximate surface area is 174 Å². The van der Waals surface area contributed by atoms with Crippen molar-refractivity contribution in [3.63, 3.8) is 0 Å². The van der Waals surface area contributed by atoms with Crippen molar-refractivity contribution in [2.45, 2.75) is 51.9 Å². The lowest BCUT2D eigenvalue weighted by Crippen LogP contribution is -2.18. The molecule has 0 radical (unpaired) electrons. The highest BCUT2D eigenvalue weighted by atomic mass is 19.4. The van der Waals surface area contributed by atoms with Crippen LogP contribution in [-0.4, -0.2) is 15.6 Å². The molecule has 0 fully saturated rings. The molecule has 0 saturated heterocycles. The van der Waals surface area contributed by atoms with Gasteiger partial charge in [-0.15, -0.1) is 0 Å². The molecule has 0 aliphatic heterocycles. The van der Waals surface area contributed by atoms with E-state index in [9.17, 15) is 13.2 Å². The molecule has 1 unspecified atom stereocenters. The van der Waals surface area contributed by atoms with Gasteiger partial charge in [0.1, 0.15) is 0 Å². The molecule has 1 heterocycles. The van der Waals surface area contributed by atoms with E-state index in [1.54, 1.807) is 17.0 Å². The summed E-state index contributed by atoms with van der Waals surface area (Å²) in [5.41, 5.74) is 9.11. The fraction of sp³-hybridized carbons (Fsp3) is 0.348. The van der Waals surface area contributed by atoms with Crippen LogP contribution in [0.1, 0.15) is 44.2 Å². The summed E-state index contributed by atoms with van der Waals surface area (Å²) in [5.74, 6) is 0. The number of nitrogen functional groups attached to an aromatic ring is 1. The minimum absolute atomic E-state index is 0.301. The molecule has 1 atom stereocenters. The molecule has 1 aromatic heterocycles. The third kappa shape index (κ3) is 5.34. The number of aromatic nitrogens is 2. The summed E-state index contributed by atoms with van der Waals surface area (Å²) in [5, 5.41) is 3.58. The minimum Gasteiger partial charge on any atom is -0.399 e. The second-order valence-electron chi connectivity index (χ2n) is 7.47. The lowest BCUT2D eigenvalue weighted by Gasteiger charge is -2.20. The van der Waals surface area contributed by atoms with Gasteiger partial charge in [-0.05, 0) is 48.7 Å². The maximum absolute atomic E-state index is 13.0. The fourth-order valence-electron chi connectivity index (χ4n) is 3.49. The van der Waals surface area contributed by atoms with E-state index in [1.165, 1.54) is 12.1 Å². The molecule has 0 amide bonds. The van der Waals surface area contributed by atoms with Crippen LogP contribution in [0.4, 0.5) is 24.5 Å². The molecule has 0 aliphatic rings. The van der Waals surface area contributed by atoms with Crippen LogP contribution in [0.3, 0.4) is 0 Å². The quantitative estimate of drug-likeness (QED) is 0.431. The summed E-state index contributed by atoms with van der Waals surface area (Å²) in [4.78, 5) is 4.48. The van der Waals surface area contributed by atoms with Crippen LogP contribution < -0.4 is 11.1 Å². The number of halogens is 3. The number of benzene rings is 2. The van der Waals surface area contributed by atoms with Crippen LogP contribution in [0, 0.1) is 0 Å². The zero-order valence-corrected chi connectivity index (χ0v) is 17.2. The smallest absolute Gasteiger partial charge is 0.399 e. The van der Waals surface area contributed by atoms with Crippen LogP contribution in [0.5, 0.6) is 0 Å². The van der Waals surface area contributed by atoms with Gasteiger partial charge in [-0.2, -0.15) is 13.2 Å². The van der Waals surface area contributed by atoms with Crippen LogP contribution in [0.2, 0.25) is 0 Å². The van der Waals surface area contributed by atoms with Gasteiger partial charge in [-0.25, -0.2) is 4.98 Å². The zero-order chi connectivity index (χ0) is 21.7. The number of hydrogen-bond donors (Lipinski definition) is 2. The van der Waals surface area contributed by atoms with Crippen molar-refractivity contribution < 1.29 is 13.2 Å². The SMILES string of the molecule is CCCC(CC)Nc1ccc(N)cc1-c1cn(Cc2cccc(C(F)(F)F)c2)cn1. The molecule has 3 aromatic rings. The van der Waals surface area contributed by atoms with E-state index < -0.39 is 11.7 Å². The Kier molecular flexibility index (Phi) is 6.70. The average molecular weight is 416 g/mol. The number of alkyl halides is 3. The highest BCUT2D eigenvalue weighted by Crippen LogP contribution is 2.31. The first-order valence-electron chi connectivity index (χ1n) is 10.1. The molecule has 4 nitrogen and oxygen atoms in total. The molecular formula is C23H27F3N4. The predicted molar refractivity (Wildman–Crippen MR) is 115 cm³/mol. The van der Waals surface area contributed by atoms with E-state index in [-0.39, 0.29) is 0 Å². The van der Waals surface area contributed by atoms with Gasteiger partial charge >= 0.3 is 6.18 Å². The van der Waals surface area contributed by atoms with E-state index in [2.05, 4.69) is 24.1 Å². The van der Waals surface area contributed by atoms with E-state index in [0.717, 1.165) is 42.3 Å². The third-order valence-corrected chi connectivity index (χ3v) is 5.06. The summed E-state index contributed by atoms with van der Waals surface area (Å²) in [7, 11) is 0. The summed E-state index contributed by atoms with van der Waals surface area (Å²) < 4.78 is 40.7. The van der Waals surface area contributed by atoms with Crippen LogP contribution in [0.25, 0.3) is 11.3 Å². The van der Waals surface area contributed by atoms with Crippen LogP contribution in [0.15, 0.2) is 55.0 Å². The molecule has 0 spiro atoms. The molecule has 30 heavy (non-hydrogen) atoms. The molecular weight excluding hydrogens is 389 g/mol. The van der Waals surface area contributed by atoms with Gasteiger partial charge in [0.25, 0.3) is 0 Å². The normalized spacial score (nSPS) is 12.7. The Hall–Kier alpha value is -2.96. The molecule has 7 heteroatoms. The second-order valence-corrected chi connectivity index (χ2v) is 7.47. The topological polar surface area (TPSA) is 55.9 Å². The highest BCUT2D eigenvalue weighted by Gasteiger charge is 2.30. The number of rotatable bonds is 8. The highest BCUT2D eigenvalue weighted by molar-refractivity contribution is 5.78. The first kappa shape index (κ1) is 21.7. The zero-order valence-electron chi connectivity index (χ0n) is 17.2. The summed E-state index contributed by atoms with van der Waals surface area (Å²) in [6, 6.07) is 11.4. The number of hydrogen-bond acceptors (Lipinski definition) is 3. The summed E-state index contributed by atoms with van der Waals surface area (Å²) in [6.45, 7) is 4.60.